The first kappa shape index (κ1) is 16.5. The van der Waals surface area contributed by atoms with E-state index < -0.39 is 0 Å². The Labute approximate surface area is 130 Å². The molecule has 2 rings (SSSR count). The predicted molar refractivity (Wildman–Crippen MR) is 91.8 cm³/mol. The molecule has 118 valence electrons. The number of benzene rings is 1. The third-order valence-corrected chi connectivity index (χ3v) is 4.81. The predicted octanol–water partition coefficient (Wildman–Crippen LogP) is 3.86. The van der Waals surface area contributed by atoms with Gasteiger partial charge in [0.25, 0.3) is 0 Å². The molecule has 1 aliphatic rings. The zero-order chi connectivity index (χ0) is 15.4. The van der Waals surface area contributed by atoms with Crippen LogP contribution in [0.15, 0.2) is 18.2 Å². The van der Waals surface area contributed by atoms with Crippen LogP contribution in [-0.4, -0.2) is 30.6 Å². The zero-order valence-electron chi connectivity index (χ0n) is 14.2. The number of rotatable bonds is 5. The monoisotopic (exact) mass is 288 g/mol. The molecule has 1 heterocycles. The molecule has 0 bridgehead atoms. The van der Waals surface area contributed by atoms with E-state index in [1.165, 1.54) is 49.0 Å². The molecule has 2 atom stereocenters. The summed E-state index contributed by atoms with van der Waals surface area (Å²) < 4.78 is 0. The third kappa shape index (κ3) is 4.08. The van der Waals surface area contributed by atoms with Crippen molar-refractivity contribution in [2.24, 2.45) is 11.7 Å². The summed E-state index contributed by atoms with van der Waals surface area (Å²) in [4.78, 5) is 2.70. The van der Waals surface area contributed by atoms with Gasteiger partial charge in [-0.25, -0.2) is 0 Å². The molecular weight excluding hydrogens is 256 g/mol. The SMILES string of the molecule is Cc1ccc(C(CN)C2CCCCN2CC(C)C)c(C)c1. The van der Waals surface area contributed by atoms with Crippen LogP contribution in [0.4, 0.5) is 0 Å². The summed E-state index contributed by atoms with van der Waals surface area (Å²) in [6.07, 6.45) is 3.98. The number of hydrogen-bond donors (Lipinski definition) is 1. The summed E-state index contributed by atoms with van der Waals surface area (Å²) in [6, 6.07) is 7.46. The molecule has 2 N–H and O–H groups in total. The summed E-state index contributed by atoms with van der Waals surface area (Å²) in [5, 5.41) is 0. The van der Waals surface area contributed by atoms with E-state index >= 15 is 0 Å². The maximum atomic E-state index is 6.21. The zero-order valence-corrected chi connectivity index (χ0v) is 14.2. The lowest BCUT2D eigenvalue weighted by molar-refractivity contribution is 0.112. The van der Waals surface area contributed by atoms with Gasteiger partial charge in [0.05, 0.1) is 0 Å². The van der Waals surface area contributed by atoms with Crippen molar-refractivity contribution >= 4 is 0 Å². The Morgan fingerprint density at radius 1 is 1.24 bits per heavy atom. The van der Waals surface area contributed by atoms with E-state index in [1.54, 1.807) is 0 Å². The number of nitrogens with zero attached hydrogens (tertiary/aromatic N) is 1. The number of aryl methyl sites for hydroxylation is 2. The van der Waals surface area contributed by atoms with Crippen LogP contribution in [0.2, 0.25) is 0 Å². The largest absolute Gasteiger partial charge is 0.330 e. The first-order valence-electron chi connectivity index (χ1n) is 8.54. The van der Waals surface area contributed by atoms with Crippen molar-refractivity contribution in [3.63, 3.8) is 0 Å². The van der Waals surface area contributed by atoms with Gasteiger partial charge in [-0.2, -0.15) is 0 Å². The molecular formula is C19H32N2. The molecule has 1 fully saturated rings. The van der Waals surface area contributed by atoms with Gasteiger partial charge in [0.15, 0.2) is 0 Å². The van der Waals surface area contributed by atoms with Crippen molar-refractivity contribution in [3.8, 4) is 0 Å². The standard InChI is InChI=1S/C19H32N2/c1-14(2)13-21-10-6-5-7-19(21)18(12-20)17-9-8-15(3)11-16(17)4/h8-9,11,14,18-19H,5-7,10,12-13,20H2,1-4H3. The fourth-order valence-electron chi connectivity index (χ4n) is 3.90. The van der Waals surface area contributed by atoms with Gasteiger partial charge in [-0.15, -0.1) is 0 Å². The third-order valence-electron chi connectivity index (χ3n) is 4.81. The van der Waals surface area contributed by atoms with Gasteiger partial charge in [0, 0.05) is 25.0 Å². The second kappa shape index (κ2) is 7.42. The number of piperidine rings is 1. The molecule has 1 aromatic carbocycles. The Kier molecular flexibility index (Phi) is 5.83. The highest BCUT2D eigenvalue weighted by molar-refractivity contribution is 5.34. The van der Waals surface area contributed by atoms with Crippen LogP contribution in [-0.2, 0) is 0 Å². The van der Waals surface area contributed by atoms with Crippen LogP contribution in [0.5, 0.6) is 0 Å². The van der Waals surface area contributed by atoms with Crippen LogP contribution in [0.25, 0.3) is 0 Å². The minimum atomic E-state index is 0.477. The van der Waals surface area contributed by atoms with Crippen molar-refractivity contribution in [2.45, 2.75) is 58.9 Å². The van der Waals surface area contributed by atoms with E-state index in [-0.39, 0.29) is 0 Å². The van der Waals surface area contributed by atoms with Gasteiger partial charge in [0.2, 0.25) is 0 Å². The summed E-state index contributed by atoms with van der Waals surface area (Å²) in [6.45, 7) is 12.2. The second-order valence-electron chi connectivity index (χ2n) is 7.15. The Balaban J connectivity index is 2.25. The van der Waals surface area contributed by atoms with Crippen LogP contribution in [0.3, 0.4) is 0 Å². The highest BCUT2D eigenvalue weighted by atomic mass is 15.2. The number of nitrogens with two attached hydrogens (primary N) is 1. The van der Waals surface area contributed by atoms with Crippen molar-refractivity contribution in [3.05, 3.63) is 34.9 Å². The molecule has 0 aliphatic carbocycles. The Morgan fingerprint density at radius 2 is 2.00 bits per heavy atom. The highest BCUT2D eigenvalue weighted by Gasteiger charge is 2.31. The van der Waals surface area contributed by atoms with Crippen molar-refractivity contribution in [1.29, 1.82) is 0 Å². The van der Waals surface area contributed by atoms with E-state index in [2.05, 4.69) is 50.8 Å². The van der Waals surface area contributed by atoms with E-state index in [9.17, 15) is 0 Å². The van der Waals surface area contributed by atoms with Crippen LogP contribution in [0.1, 0.15) is 55.7 Å². The minimum Gasteiger partial charge on any atom is -0.330 e. The Morgan fingerprint density at radius 3 is 2.62 bits per heavy atom. The Bertz CT molecular complexity index is 453. The second-order valence-corrected chi connectivity index (χ2v) is 7.15. The van der Waals surface area contributed by atoms with Crippen LogP contribution in [0, 0.1) is 19.8 Å². The van der Waals surface area contributed by atoms with Crippen LogP contribution < -0.4 is 5.73 Å². The van der Waals surface area contributed by atoms with Gasteiger partial charge in [-0.1, -0.05) is 44.0 Å². The smallest absolute Gasteiger partial charge is 0.0176 e. The van der Waals surface area contributed by atoms with E-state index in [0.29, 0.717) is 12.0 Å². The molecule has 2 heteroatoms. The molecule has 2 nitrogen and oxygen atoms in total. The van der Waals surface area contributed by atoms with E-state index in [4.69, 9.17) is 5.73 Å². The van der Waals surface area contributed by atoms with Gasteiger partial charge in [0.1, 0.15) is 0 Å². The normalized spacial score (nSPS) is 21.7. The van der Waals surface area contributed by atoms with Gasteiger partial charge < -0.3 is 5.73 Å². The Hall–Kier alpha value is -0.860. The van der Waals surface area contributed by atoms with E-state index in [0.717, 1.165) is 12.5 Å². The first-order chi connectivity index (χ1) is 10.0. The molecule has 2 unspecified atom stereocenters. The minimum absolute atomic E-state index is 0.477. The molecule has 0 saturated carbocycles. The lowest BCUT2D eigenvalue weighted by Gasteiger charge is -2.41. The maximum Gasteiger partial charge on any atom is 0.0176 e. The maximum absolute atomic E-state index is 6.21. The molecule has 21 heavy (non-hydrogen) atoms. The fourth-order valence-corrected chi connectivity index (χ4v) is 3.90. The molecule has 1 aliphatic heterocycles. The first-order valence-corrected chi connectivity index (χ1v) is 8.54. The molecule has 0 amide bonds. The summed E-state index contributed by atoms with van der Waals surface area (Å²) in [7, 11) is 0. The molecule has 1 aromatic rings. The summed E-state index contributed by atoms with van der Waals surface area (Å²) >= 11 is 0. The lowest BCUT2D eigenvalue weighted by atomic mass is 9.82. The molecule has 0 aromatic heterocycles. The quantitative estimate of drug-likeness (QED) is 0.891. The van der Waals surface area contributed by atoms with E-state index in [1.807, 2.05) is 0 Å². The molecule has 0 radical (unpaired) electrons. The van der Waals surface area contributed by atoms with Gasteiger partial charge in [-0.05, 0) is 50.3 Å². The highest BCUT2D eigenvalue weighted by Crippen LogP contribution is 2.32. The fraction of sp³-hybridized carbons (Fsp3) is 0.684. The van der Waals surface area contributed by atoms with Crippen LogP contribution >= 0.6 is 0 Å². The average molecular weight is 288 g/mol. The molecule has 0 spiro atoms. The van der Waals surface area contributed by atoms with Gasteiger partial charge in [-0.3, -0.25) is 4.90 Å². The van der Waals surface area contributed by atoms with Crippen molar-refractivity contribution in [1.82, 2.24) is 4.90 Å². The number of likely N-dealkylation sites (tertiary alicyclic amines) is 1. The van der Waals surface area contributed by atoms with Crippen molar-refractivity contribution < 1.29 is 0 Å². The summed E-state index contributed by atoms with van der Waals surface area (Å²) in [5.41, 5.74) is 10.4. The topological polar surface area (TPSA) is 29.3 Å². The van der Waals surface area contributed by atoms with Gasteiger partial charge >= 0.3 is 0 Å². The summed E-state index contributed by atoms with van der Waals surface area (Å²) in [5.74, 6) is 1.20. The molecule has 1 saturated heterocycles. The average Bonchev–Trinajstić information content (AvgIpc) is 2.43. The lowest BCUT2D eigenvalue weighted by Crippen LogP contribution is -2.46. The van der Waals surface area contributed by atoms with Crippen molar-refractivity contribution in [2.75, 3.05) is 19.6 Å². The number of hydrogen-bond acceptors (Lipinski definition) is 2.